The molecule has 0 spiro atoms. The summed E-state index contributed by atoms with van der Waals surface area (Å²) in [6.07, 6.45) is -1.92. The third-order valence-corrected chi connectivity index (χ3v) is 11.9. The topological polar surface area (TPSA) is 147 Å². The molecule has 1 aliphatic rings. The normalized spacial score (nSPS) is 20.8. The second-order valence-electron chi connectivity index (χ2n) is 9.20. The monoisotopic (exact) mass is 578 g/mol. The number of hydrogen-bond acceptors (Lipinski definition) is 10. The van der Waals surface area contributed by atoms with Gasteiger partial charge in [-0.15, -0.1) is 0 Å². The highest BCUT2D eigenvalue weighted by atomic mass is 32.2. The molecule has 3 rings (SSSR count). The van der Waals surface area contributed by atoms with E-state index in [1.807, 2.05) is 0 Å². The van der Waals surface area contributed by atoms with Gasteiger partial charge in [-0.1, -0.05) is 43.0 Å². The molecule has 2 unspecified atom stereocenters. The number of rotatable bonds is 9. The van der Waals surface area contributed by atoms with Crippen molar-refractivity contribution in [3.05, 3.63) is 72.1 Å². The summed E-state index contributed by atoms with van der Waals surface area (Å²) in [6.45, 7) is 3.79. The van der Waals surface area contributed by atoms with E-state index in [0.29, 0.717) is 0 Å². The van der Waals surface area contributed by atoms with Crippen LogP contribution in [0.1, 0.15) is 25.7 Å². The molecule has 1 fully saturated rings. The standard InChI is InChI=1S/C27H30O10S2/c1-19(38(31,32)21-11-7-5-8-12-21)27(39(33,34)22-13-9-6-10-14-22)18-26(24(29)36-3,25(30)37-4)16-15-20(27)17-23(28)35-2/h5-14,20H,1,15-18H2,2-4H3. The molecule has 1 saturated carbocycles. The number of hydrogen-bond donors (Lipinski definition) is 0. The number of methoxy groups -OCH3 is 3. The lowest BCUT2D eigenvalue weighted by Crippen LogP contribution is -2.60. The molecule has 210 valence electrons. The van der Waals surface area contributed by atoms with Gasteiger partial charge in [0.05, 0.1) is 42.4 Å². The Kier molecular flexibility index (Phi) is 8.71. The lowest BCUT2D eigenvalue weighted by atomic mass is 9.63. The highest BCUT2D eigenvalue weighted by Gasteiger charge is 2.67. The summed E-state index contributed by atoms with van der Waals surface area (Å²) in [6, 6.07) is 14.0. The fourth-order valence-electron chi connectivity index (χ4n) is 5.28. The highest BCUT2D eigenvalue weighted by molar-refractivity contribution is 7.99. The molecule has 2 atom stereocenters. The predicted octanol–water partition coefficient (Wildman–Crippen LogP) is 2.88. The van der Waals surface area contributed by atoms with E-state index in [0.717, 1.165) is 21.3 Å². The van der Waals surface area contributed by atoms with Crippen LogP contribution in [0.3, 0.4) is 0 Å². The van der Waals surface area contributed by atoms with Gasteiger partial charge in [0, 0.05) is 0 Å². The molecular weight excluding hydrogens is 548 g/mol. The molecule has 0 amide bonds. The molecule has 0 heterocycles. The van der Waals surface area contributed by atoms with Gasteiger partial charge in [-0.3, -0.25) is 14.4 Å². The quantitative estimate of drug-likeness (QED) is 0.247. The van der Waals surface area contributed by atoms with Crippen LogP contribution in [0.4, 0.5) is 0 Å². The Labute approximate surface area is 227 Å². The van der Waals surface area contributed by atoms with Crippen molar-refractivity contribution in [2.75, 3.05) is 21.3 Å². The predicted molar refractivity (Wildman–Crippen MR) is 140 cm³/mol. The van der Waals surface area contributed by atoms with Gasteiger partial charge in [0.25, 0.3) is 0 Å². The van der Waals surface area contributed by atoms with Crippen LogP contribution in [0.2, 0.25) is 0 Å². The summed E-state index contributed by atoms with van der Waals surface area (Å²) in [5.41, 5.74) is -2.20. The van der Waals surface area contributed by atoms with E-state index in [1.54, 1.807) is 12.1 Å². The van der Waals surface area contributed by atoms with Crippen LogP contribution in [-0.4, -0.2) is 60.8 Å². The van der Waals surface area contributed by atoms with Gasteiger partial charge in [-0.25, -0.2) is 16.8 Å². The van der Waals surface area contributed by atoms with Gasteiger partial charge in [0.15, 0.2) is 15.3 Å². The average Bonchev–Trinajstić information content (AvgIpc) is 2.96. The zero-order valence-electron chi connectivity index (χ0n) is 21.8. The lowest BCUT2D eigenvalue weighted by Gasteiger charge is -2.49. The van der Waals surface area contributed by atoms with Crippen molar-refractivity contribution in [3.8, 4) is 0 Å². The van der Waals surface area contributed by atoms with Gasteiger partial charge in [-0.05, 0) is 49.4 Å². The van der Waals surface area contributed by atoms with Gasteiger partial charge >= 0.3 is 17.9 Å². The summed E-state index contributed by atoms with van der Waals surface area (Å²) in [4.78, 5) is 37.6. The van der Waals surface area contributed by atoms with Crippen molar-refractivity contribution in [1.29, 1.82) is 0 Å². The van der Waals surface area contributed by atoms with E-state index in [1.165, 1.54) is 48.5 Å². The van der Waals surface area contributed by atoms with Crippen molar-refractivity contribution in [2.45, 2.75) is 40.2 Å². The minimum atomic E-state index is -4.77. The molecular formula is C27H30O10S2. The number of ether oxygens (including phenoxy) is 3. The fraction of sp³-hybridized carbons (Fsp3) is 0.370. The maximum Gasteiger partial charge on any atom is 0.323 e. The maximum absolute atomic E-state index is 14.6. The maximum atomic E-state index is 14.6. The Balaban J connectivity index is 2.47. The third kappa shape index (κ3) is 4.98. The molecule has 39 heavy (non-hydrogen) atoms. The number of carbonyl (C=O) groups excluding carboxylic acids is 3. The van der Waals surface area contributed by atoms with Gasteiger partial charge in [-0.2, -0.15) is 0 Å². The van der Waals surface area contributed by atoms with Crippen LogP contribution in [0.15, 0.2) is 81.9 Å². The second kappa shape index (κ2) is 11.3. The largest absolute Gasteiger partial charge is 0.469 e. The molecule has 0 bridgehead atoms. The van der Waals surface area contributed by atoms with Crippen molar-refractivity contribution < 1.29 is 45.4 Å². The van der Waals surface area contributed by atoms with E-state index < -0.39 is 71.4 Å². The van der Waals surface area contributed by atoms with Gasteiger partial charge < -0.3 is 14.2 Å². The van der Waals surface area contributed by atoms with Crippen molar-refractivity contribution in [1.82, 2.24) is 0 Å². The Morgan fingerprint density at radius 3 is 1.77 bits per heavy atom. The molecule has 1 aliphatic carbocycles. The Morgan fingerprint density at radius 2 is 1.31 bits per heavy atom. The molecule has 0 aromatic heterocycles. The first-order valence-corrected chi connectivity index (χ1v) is 14.8. The number of esters is 3. The van der Waals surface area contributed by atoms with E-state index in [-0.39, 0.29) is 22.6 Å². The van der Waals surface area contributed by atoms with Crippen LogP contribution >= 0.6 is 0 Å². The molecule has 10 nitrogen and oxygen atoms in total. The molecule has 0 N–H and O–H groups in total. The van der Waals surface area contributed by atoms with Gasteiger partial charge in [0.2, 0.25) is 9.84 Å². The first-order valence-electron chi connectivity index (χ1n) is 11.9. The van der Waals surface area contributed by atoms with Crippen LogP contribution in [-0.2, 0) is 48.3 Å². The Morgan fingerprint density at radius 1 is 0.821 bits per heavy atom. The van der Waals surface area contributed by atoms with E-state index in [4.69, 9.17) is 14.2 Å². The molecule has 2 aromatic rings. The zero-order valence-corrected chi connectivity index (χ0v) is 23.4. The minimum absolute atomic E-state index is 0.241. The Bertz CT molecular complexity index is 1450. The summed E-state index contributed by atoms with van der Waals surface area (Å²) in [5, 5.41) is 0. The van der Waals surface area contributed by atoms with E-state index in [9.17, 15) is 31.2 Å². The second-order valence-corrected chi connectivity index (χ2v) is 13.4. The molecule has 0 aliphatic heterocycles. The zero-order chi connectivity index (χ0) is 29.1. The summed E-state index contributed by atoms with van der Waals surface area (Å²) in [5.74, 6) is -4.24. The summed E-state index contributed by atoms with van der Waals surface area (Å²) < 4.78 is 69.3. The highest BCUT2D eigenvalue weighted by Crippen LogP contribution is 2.57. The van der Waals surface area contributed by atoms with Crippen LogP contribution in [0.5, 0.6) is 0 Å². The van der Waals surface area contributed by atoms with Gasteiger partial charge in [0.1, 0.15) is 4.75 Å². The van der Waals surface area contributed by atoms with Crippen LogP contribution in [0, 0.1) is 11.3 Å². The minimum Gasteiger partial charge on any atom is -0.469 e. The number of sulfone groups is 2. The third-order valence-electron chi connectivity index (χ3n) is 7.32. The van der Waals surface area contributed by atoms with Crippen LogP contribution in [0.25, 0.3) is 0 Å². The first kappa shape index (κ1) is 30.0. The smallest absolute Gasteiger partial charge is 0.323 e. The molecule has 0 saturated heterocycles. The molecule has 12 heteroatoms. The molecule has 2 aromatic carbocycles. The SMILES string of the molecule is C=C(C1(S(=O)(=O)c2ccccc2)CC(C(=O)OC)(C(=O)OC)CCC1CC(=O)OC)S(=O)(=O)c1ccccc1. The fourth-order valence-corrected chi connectivity index (χ4v) is 9.74. The van der Waals surface area contributed by atoms with E-state index in [2.05, 4.69) is 6.58 Å². The number of benzene rings is 2. The Hall–Kier alpha value is -3.51. The van der Waals surface area contributed by atoms with Crippen molar-refractivity contribution in [3.63, 3.8) is 0 Å². The van der Waals surface area contributed by atoms with E-state index >= 15 is 0 Å². The van der Waals surface area contributed by atoms with Crippen molar-refractivity contribution >= 4 is 37.6 Å². The average molecular weight is 579 g/mol. The molecule has 0 radical (unpaired) electrons. The summed E-state index contributed by atoms with van der Waals surface area (Å²) >= 11 is 0. The number of carbonyl (C=O) groups is 3. The summed E-state index contributed by atoms with van der Waals surface area (Å²) in [7, 11) is -6.22. The van der Waals surface area contributed by atoms with Crippen molar-refractivity contribution in [2.24, 2.45) is 11.3 Å². The first-order chi connectivity index (χ1) is 18.3. The lowest BCUT2D eigenvalue weighted by molar-refractivity contribution is -0.173. The van der Waals surface area contributed by atoms with Crippen LogP contribution < -0.4 is 0 Å².